The van der Waals surface area contributed by atoms with Crippen LogP contribution in [0.25, 0.3) is 0 Å². The standard InChI is InChI=1S/C30H33N5O4/c1-39-29(38)33-25(21-22-13-5-2-6-14-22)26(36)32-19-11-12-20-35-27(37)30(34-28(35)31,23-15-7-3-8-16-23)24-17-9-4-10-18-24/h2-10,13-18,25H,11-12,19-21H2,1H3,(H2,31,34)(H,32,36)(H,33,38)/t25-/m0/s1. The third-order valence-corrected chi connectivity index (χ3v) is 6.68. The molecule has 1 aliphatic heterocycles. The number of carbonyl (C=O) groups is 3. The Labute approximate surface area is 228 Å². The lowest BCUT2D eigenvalue weighted by molar-refractivity contribution is -0.130. The van der Waals surface area contributed by atoms with Crippen molar-refractivity contribution in [3.8, 4) is 0 Å². The van der Waals surface area contributed by atoms with Gasteiger partial charge in [0, 0.05) is 19.5 Å². The molecule has 0 aromatic heterocycles. The van der Waals surface area contributed by atoms with E-state index in [1.807, 2.05) is 91.0 Å². The van der Waals surface area contributed by atoms with Gasteiger partial charge in [-0.15, -0.1) is 0 Å². The minimum atomic E-state index is -1.23. The Hall–Kier alpha value is -4.66. The van der Waals surface area contributed by atoms with Crippen LogP contribution in [0.4, 0.5) is 4.79 Å². The van der Waals surface area contributed by atoms with E-state index >= 15 is 0 Å². The summed E-state index contributed by atoms with van der Waals surface area (Å²) in [6.07, 6.45) is 0.852. The van der Waals surface area contributed by atoms with E-state index in [1.54, 1.807) is 0 Å². The predicted molar refractivity (Wildman–Crippen MR) is 149 cm³/mol. The number of nitrogens with two attached hydrogens (primary N) is 1. The number of carbonyl (C=O) groups excluding carboxylic acids is 3. The molecule has 3 aromatic carbocycles. The highest BCUT2D eigenvalue weighted by Crippen LogP contribution is 2.39. The molecule has 9 nitrogen and oxygen atoms in total. The van der Waals surface area contributed by atoms with Crippen molar-refractivity contribution in [2.45, 2.75) is 30.8 Å². The molecule has 1 heterocycles. The van der Waals surface area contributed by atoms with E-state index in [0.717, 1.165) is 16.7 Å². The Morgan fingerprint density at radius 1 is 0.923 bits per heavy atom. The normalized spacial score (nSPS) is 14.8. The summed E-state index contributed by atoms with van der Waals surface area (Å²) >= 11 is 0. The predicted octanol–water partition coefficient (Wildman–Crippen LogP) is 2.95. The molecular weight excluding hydrogens is 494 g/mol. The van der Waals surface area contributed by atoms with Crippen molar-refractivity contribution in [3.05, 3.63) is 108 Å². The first kappa shape index (κ1) is 27.4. The van der Waals surface area contributed by atoms with Crippen LogP contribution in [0.3, 0.4) is 0 Å². The molecule has 0 fully saturated rings. The SMILES string of the molecule is COC(=O)N[C@@H](Cc1ccccc1)C(=O)NCCCCN1C(=O)C(c2ccccc2)(c2ccccc2)N=C1N. The third kappa shape index (κ3) is 6.26. The fourth-order valence-corrected chi connectivity index (χ4v) is 4.69. The van der Waals surface area contributed by atoms with Gasteiger partial charge in [-0.05, 0) is 29.5 Å². The summed E-state index contributed by atoms with van der Waals surface area (Å²) in [6, 6.07) is 27.5. The summed E-state index contributed by atoms with van der Waals surface area (Å²) in [7, 11) is 1.26. The molecule has 4 rings (SSSR count). The van der Waals surface area contributed by atoms with Crippen LogP contribution < -0.4 is 16.4 Å². The molecule has 3 aromatic rings. The number of unbranched alkanes of at least 4 members (excludes halogenated alkanes) is 1. The summed E-state index contributed by atoms with van der Waals surface area (Å²) in [6.45, 7) is 0.730. The maximum atomic E-state index is 13.8. The quantitative estimate of drug-likeness (QED) is 0.331. The number of benzene rings is 3. The first-order valence-corrected chi connectivity index (χ1v) is 12.9. The van der Waals surface area contributed by atoms with Crippen LogP contribution in [-0.4, -0.2) is 55.0 Å². The minimum absolute atomic E-state index is 0.168. The zero-order valence-electron chi connectivity index (χ0n) is 21.9. The zero-order valence-corrected chi connectivity index (χ0v) is 21.9. The number of ether oxygens (including phenoxy) is 1. The van der Waals surface area contributed by atoms with E-state index in [1.165, 1.54) is 12.0 Å². The van der Waals surface area contributed by atoms with Gasteiger partial charge < -0.3 is 21.1 Å². The molecule has 0 saturated carbocycles. The van der Waals surface area contributed by atoms with Gasteiger partial charge >= 0.3 is 6.09 Å². The largest absolute Gasteiger partial charge is 0.453 e. The number of aliphatic imine (C=N–C) groups is 1. The maximum Gasteiger partial charge on any atom is 0.407 e. The number of alkyl carbamates (subject to hydrolysis) is 1. The summed E-state index contributed by atoms with van der Waals surface area (Å²) in [4.78, 5) is 44.6. The molecule has 0 aliphatic carbocycles. The highest BCUT2D eigenvalue weighted by atomic mass is 16.5. The van der Waals surface area contributed by atoms with Gasteiger partial charge in [-0.3, -0.25) is 14.5 Å². The van der Waals surface area contributed by atoms with Crippen LogP contribution in [0.5, 0.6) is 0 Å². The molecule has 0 saturated heterocycles. The van der Waals surface area contributed by atoms with Crippen LogP contribution in [-0.2, 0) is 26.3 Å². The highest BCUT2D eigenvalue weighted by Gasteiger charge is 2.50. The molecule has 0 spiro atoms. The third-order valence-electron chi connectivity index (χ3n) is 6.68. The molecule has 3 amide bonds. The average Bonchev–Trinajstić information content (AvgIpc) is 3.23. The number of hydrogen-bond donors (Lipinski definition) is 3. The van der Waals surface area contributed by atoms with E-state index in [-0.39, 0.29) is 17.8 Å². The van der Waals surface area contributed by atoms with Crippen LogP contribution in [0.2, 0.25) is 0 Å². The molecular formula is C30H33N5O4. The number of rotatable bonds is 11. The first-order chi connectivity index (χ1) is 19.0. The van der Waals surface area contributed by atoms with Crippen molar-refractivity contribution >= 4 is 23.9 Å². The number of nitrogens with zero attached hydrogens (tertiary/aromatic N) is 2. The van der Waals surface area contributed by atoms with Crippen LogP contribution >= 0.6 is 0 Å². The smallest absolute Gasteiger partial charge is 0.407 e. The second-order valence-corrected chi connectivity index (χ2v) is 9.25. The van der Waals surface area contributed by atoms with Crippen molar-refractivity contribution in [1.82, 2.24) is 15.5 Å². The second kappa shape index (κ2) is 12.7. The Kier molecular flexibility index (Phi) is 8.94. The van der Waals surface area contributed by atoms with E-state index < -0.39 is 17.7 Å². The summed E-state index contributed by atoms with van der Waals surface area (Å²) in [5, 5.41) is 5.47. The van der Waals surface area contributed by atoms with E-state index in [9.17, 15) is 14.4 Å². The average molecular weight is 528 g/mol. The number of amides is 3. The zero-order chi connectivity index (χ0) is 27.7. The van der Waals surface area contributed by atoms with Gasteiger partial charge in [0.15, 0.2) is 11.5 Å². The van der Waals surface area contributed by atoms with Crippen molar-refractivity contribution in [2.75, 3.05) is 20.2 Å². The molecule has 0 unspecified atom stereocenters. The summed E-state index contributed by atoms with van der Waals surface area (Å²) in [5.74, 6) is -0.344. The van der Waals surface area contributed by atoms with Gasteiger partial charge in [-0.25, -0.2) is 9.79 Å². The lowest BCUT2D eigenvalue weighted by Gasteiger charge is -2.27. The molecule has 4 N–H and O–H groups in total. The monoisotopic (exact) mass is 527 g/mol. The number of hydrogen-bond acceptors (Lipinski definition) is 6. The number of methoxy groups -OCH3 is 1. The molecule has 39 heavy (non-hydrogen) atoms. The highest BCUT2D eigenvalue weighted by molar-refractivity contribution is 6.09. The molecule has 202 valence electrons. The van der Waals surface area contributed by atoms with Crippen LogP contribution in [0.1, 0.15) is 29.5 Å². The Balaban J connectivity index is 1.36. The Morgan fingerprint density at radius 3 is 2.05 bits per heavy atom. The Bertz CT molecular complexity index is 1260. The van der Waals surface area contributed by atoms with Gasteiger partial charge in [0.25, 0.3) is 5.91 Å². The molecule has 1 aliphatic rings. The second-order valence-electron chi connectivity index (χ2n) is 9.25. The molecule has 0 bridgehead atoms. The van der Waals surface area contributed by atoms with Crippen molar-refractivity contribution < 1.29 is 19.1 Å². The van der Waals surface area contributed by atoms with E-state index in [4.69, 9.17) is 10.7 Å². The molecule has 0 radical (unpaired) electrons. The fourth-order valence-electron chi connectivity index (χ4n) is 4.69. The van der Waals surface area contributed by atoms with Gasteiger partial charge in [0.1, 0.15) is 6.04 Å². The van der Waals surface area contributed by atoms with Crippen LogP contribution in [0.15, 0.2) is 96.0 Å². The maximum absolute atomic E-state index is 13.8. The van der Waals surface area contributed by atoms with E-state index in [2.05, 4.69) is 15.4 Å². The number of guanidine groups is 1. The lowest BCUT2D eigenvalue weighted by Crippen LogP contribution is -2.48. The number of nitrogens with one attached hydrogen (secondary N) is 2. The van der Waals surface area contributed by atoms with Crippen molar-refractivity contribution in [3.63, 3.8) is 0 Å². The summed E-state index contributed by atoms with van der Waals surface area (Å²) < 4.78 is 4.68. The van der Waals surface area contributed by atoms with Crippen molar-refractivity contribution in [2.24, 2.45) is 10.7 Å². The summed E-state index contributed by atoms with van der Waals surface area (Å²) in [5.41, 5.74) is 7.47. The first-order valence-electron chi connectivity index (χ1n) is 12.9. The van der Waals surface area contributed by atoms with Gasteiger partial charge in [0.2, 0.25) is 5.91 Å². The van der Waals surface area contributed by atoms with E-state index in [0.29, 0.717) is 32.4 Å². The van der Waals surface area contributed by atoms with Gasteiger partial charge in [0.05, 0.1) is 7.11 Å². The van der Waals surface area contributed by atoms with Crippen molar-refractivity contribution in [1.29, 1.82) is 0 Å². The fraction of sp³-hybridized carbons (Fsp3) is 0.267. The van der Waals surface area contributed by atoms with Gasteiger partial charge in [-0.2, -0.15) is 0 Å². The topological polar surface area (TPSA) is 126 Å². The minimum Gasteiger partial charge on any atom is -0.453 e. The molecule has 1 atom stereocenters. The lowest BCUT2D eigenvalue weighted by atomic mass is 9.83. The molecule has 9 heteroatoms. The van der Waals surface area contributed by atoms with Crippen LogP contribution in [0, 0.1) is 0 Å². The van der Waals surface area contributed by atoms with Gasteiger partial charge in [-0.1, -0.05) is 91.0 Å². The Morgan fingerprint density at radius 2 is 1.49 bits per heavy atom.